The molecule has 0 saturated heterocycles. The van der Waals surface area contributed by atoms with E-state index in [1.165, 1.54) is 0 Å². The number of carbonyl (C=O) groups excluding carboxylic acids is 2. The minimum Gasteiger partial charge on any atom is -0.456 e. The molecule has 1 aliphatic carbocycles. The number of nitrogens with zero attached hydrogens (tertiary/aromatic N) is 1. The van der Waals surface area contributed by atoms with Gasteiger partial charge in [0.2, 0.25) is 5.71 Å². The molecule has 0 spiro atoms. The van der Waals surface area contributed by atoms with Gasteiger partial charge in [-0.3, -0.25) is 10.1 Å². The average molecular weight is 553 g/mol. The lowest BCUT2D eigenvalue weighted by atomic mass is 9.99. The topological polar surface area (TPSA) is 90.7 Å². The number of anilines is 1. The SMILES string of the molecule is C[C@@H](OC(=O)Nc1c(-c2ccc(-c3ccc(C4(OC=O)CC4)cc3)cc2)oc2nc(Cl)ccc12)c1ccccc1. The number of hydrogen-bond acceptors (Lipinski definition) is 6. The van der Waals surface area contributed by atoms with Gasteiger partial charge in [-0.05, 0) is 54.2 Å². The number of amides is 1. The third-order valence-electron chi connectivity index (χ3n) is 7.17. The Morgan fingerprint density at radius 1 is 0.950 bits per heavy atom. The molecule has 1 N–H and O–H groups in total. The molecule has 3 aromatic carbocycles. The number of fused-ring (bicyclic) bond motifs is 1. The molecule has 0 aliphatic heterocycles. The number of hydrogen-bond donors (Lipinski definition) is 1. The zero-order valence-electron chi connectivity index (χ0n) is 21.6. The van der Waals surface area contributed by atoms with E-state index in [0.717, 1.165) is 40.7 Å². The Labute approximate surface area is 235 Å². The Balaban J connectivity index is 1.27. The highest BCUT2D eigenvalue weighted by atomic mass is 35.5. The summed E-state index contributed by atoms with van der Waals surface area (Å²) in [4.78, 5) is 28.1. The van der Waals surface area contributed by atoms with Crippen LogP contribution in [0, 0.1) is 0 Å². The van der Waals surface area contributed by atoms with Crippen molar-refractivity contribution >= 4 is 41.0 Å². The summed E-state index contributed by atoms with van der Waals surface area (Å²) in [6, 6.07) is 28.7. The van der Waals surface area contributed by atoms with Crippen molar-refractivity contribution in [3.63, 3.8) is 0 Å². The maximum absolute atomic E-state index is 12.9. The Bertz CT molecular complexity index is 1680. The molecule has 1 atom stereocenters. The van der Waals surface area contributed by atoms with Gasteiger partial charge in [-0.15, -0.1) is 0 Å². The maximum Gasteiger partial charge on any atom is 0.412 e. The molecule has 40 heavy (non-hydrogen) atoms. The lowest BCUT2D eigenvalue weighted by molar-refractivity contribution is -0.136. The first kappa shape index (κ1) is 25.6. The van der Waals surface area contributed by atoms with Gasteiger partial charge in [0.25, 0.3) is 6.47 Å². The summed E-state index contributed by atoms with van der Waals surface area (Å²) in [5, 5.41) is 3.75. The van der Waals surface area contributed by atoms with E-state index in [1.54, 1.807) is 12.1 Å². The number of nitrogens with one attached hydrogen (secondary N) is 1. The molecule has 1 fully saturated rings. The molecule has 2 aromatic heterocycles. The molecule has 8 heteroatoms. The zero-order chi connectivity index (χ0) is 27.7. The van der Waals surface area contributed by atoms with Crippen LogP contribution < -0.4 is 5.32 Å². The van der Waals surface area contributed by atoms with Gasteiger partial charge in [0.05, 0.1) is 5.39 Å². The second-order valence-electron chi connectivity index (χ2n) is 9.74. The maximum atomic E-state index is 12.9. The number of benzene rings is 3. The van der Waals surface area contributed by atoms with Crippen molar-refractivity contribution in [3.05, 3.63) is 107 Å². The van der Waals surface area contributed by atoms with E-state index in [4.69, 9.17) is 25.5 Å². The standard InChI is InChI=1S/C32H25ClN2O5/c1-20(21-5-3-2-4-6-21)39-31(37)35-28-26-15-16-27(33)34-30(26)40-29(28)24-9-7-22(8-10-24)23-11-13-25(14-12-23)32(17-18-32)38-19-36/h2-16,19-20H,17-18H2,1H3,(H,35,37)/t20-/m1/s1. The fraction of sp³-hybridized carbons (Fsp3) is 0.156. The summed E-state index contributed by atoms with van der Waals surface area (Å²) < 4.78 is 17.0. The van der Waals surface area contributed by atoms with Crippen LogP contribution in [0.5, 0.6) is 0 Å². The number of halogens is 1. The molecule has 6 rings (SSSR count). The van der Waals surface area contributed by atoms with E-state index in [-0.39, 0.29) is 5.15 Å². The number of aromatic nitrogens is 1. The summed E-state index contributed by atoms with van der Waals surface area (Å²) >= 11 is 6.11. The highest BCUT2D eigenvalue weighted by molar-refractivity contribution is 6.29. The fourth-order valence-electron chi connectivity index (χ4n) is 4.83. The molecule has 200 valence electrons. The molecule has 0 unspecified atom stereocenters. The van der Waals surface area contributed by atoms with Gasteiger partial charge in [-0.1, -0.05) is 90.5 Å². The predicted octanol–water partition coefficient (Wildman–Crippen LogP) is 8.29. The van der Waals surface area contributed by atoms with Crippen LogP contribution in [-0.4, -0.2) is 17.5 Å². The summed E-state index contributed by atoms with van der Waals surface area (Å²) in [7, 11) is 0. The van der Waals surface area contributed by atoms with Crippen LogP contribution in [0.15, 0.2) is 95.4 Å². The van der Waals surface area contributed by atoms with Gasteiger partial charge in [-0.25, -0.2) is 9.78 Å². The minimum atomic E-state index is -0.612. The van der Waals surface area contributed by atoms with Gasteiger partial charge in [0.15, 0.2) is 5.76 Å². The van der Waals surface area contributed by atoms with Crippen LogP contribution in [0.1, 0.15) is 37.0 Å². The van der Waals surface area contributed by atoms with Crippen molar-refractivity contribution in [1.29, 1.82) is 0 Å². The Hall–Kier alpha value is -4.62. The van der Waals surface area contributed by atoms with Crippen molar-refractivity contribution in [2.24, 2.45) is 0 Å². The van der Waals surface area contributed by atoms with E-state index in [2.05, 4.69) is 10.3 Å². The fourth-order valence-corrected chi connectivity index (χ4v) is 4.97. The molecular formula is C32H25ClN2O5. The first-order valence-electron chi connectivity index (χ1n) is 12.9. The number of ether oxygens (including phenoxy) is 2. The number of furan rings is 1. The lowest BCUT2D eigenvalue weighted by Crippen LogP contribution is -2.16. The van der Waals surface area contributed by atoms with Crippen LogP contribution in [0.2, 0.25) is 5.15 Å². The molecule has 1 saturated carbocycles. The minimum absolute atomic E-state index is 0.282. The average Bonchev–Trinajstić information content (AvgIpc) is 3.68. The van der Waals surface area contributed by atoms with Crippen LogP contribution in [0.4, 0.5) is 10.5 Å². The van der Waals surface area contributed by atoms with Crippen molar-refractivity contribution in [3.8, 4) is 22.5 Å². The molecule has 2 heterocycles. The second kappa shape index (κ2) is 10.5. The predicted molar refractivity (Wildman–Crippen MR) is 153 cm³/mol. The molecule has 7 nitrogen and oxygen atoms in total. The van der Waals surface area contributed by atoms with Crippen LogP contribution in [-0.2, 0) is 19.9 Å². The van der Waals surface area contributed by atoms with Crippen LogP contribution in [0.3, 0.4) is 0 Å². The third-order valence-corrected chi connectivity index (χ3v) is 7.38. The monoisotopic (exact) mass is 552 g/mol. The van der Waals surface area contributed by atoms with Crippen molar-refractivity contribution in [1.82, 2.24) is 4.98 Å². The highest BCUT2D eigenvalue weighted by Gasteiger charge is 2.46. The van der Waals surface area contributed by atoms with Gasteiger partial charge >= 0.3 is 6.09 Å². The van der Waals surface area contributed by atoms with Crippen molar-refractivity contribution < 1.29 is 23.5 Å². The van der Waals surface area contributed by atoms with Crippen molar-refractivity contribution in [2.75, 3.05) is 5.32 Å². The summed E-state index contributed by atoms with van der Waals surface area (Å²) in [5.41, 5.74) is 4.94. The van der Waals surface area contributed by atoms with Crippen LogP contribution >= 0.6 is 11.6 Å². The lowest BCUT2D eigenvalue weighted by Gasteiger charge is -2.14. The molecule has 0 bridgehead atoms. The molecule has 1 amide bonds. The van der Waals surface area contributed by atoms with E-state index >= 15 is 0 Å². The smallest absolute Gasteiger partial charge is 0.412 e. The Morgan fingerprint density at radius 3 is 2.25 bits per heavy atom. The van der Waals surface area contributed by atoms with Crippen LogP contribution in [0.25, 0.3) is 33.6 Å². The second-order valence-corrected chi connectivity index (χ2v) is 10.1. The number of carbonyl (C=O) groups is 2. The van der Waals surface area contributed by atoms with Gasteiger partial charge in [0, 0.05) is 5.56 Å². The largest absolute Gasteiger partial charge is 0.456 e. The molecular weight excluding hydrogens is 528 g/mol. The number of pyridine rings is 1. The van der Waals surface area contributed by atoms with E-state index < -0.39 is 17.8 Å². The van der Waals surface area contributed by atoms with E-state index in [0.29, 0.717) is 29.0 Å². The molecule has 5 aromatic rings. The summed E-state index contributed by atoms with van der Waals surface area (Å²) in [6.45, 7) is 2.34. The summed E-state index contributed by atoms with van der Waals surface area (Å²) in [5.74, 6) is 0.442. The normalized spacial score (nSPS) is 14.3. The molecule has 1 aliphatic rings. The zero-order valence-corrected chi connectivity index (χ0v) is 22.4. The highest BCUT2D eigenvalue weighted by Crippen LogP contribution is 2.49. The first-order valence-corrected chi connectivity index (χ1v) is 13.3. The van der Waals surface area contributed by atoms with Gasteiger partial charge in [0.1, 0.15) is 22.5 Å². The Morgan fingerprint density at radius 2 is 1.60 bits per heavy atom. The number of rotatable bonds is 8. The first-order chi connectivity index (χ1) is 19.5. The third kappa shape index (κ3) is 5.03. The molecule has 0 radical (unpaired) electrons. The quantitative estimate of drug-likeness (QED) is 0.154. The van der Waals surface area contributed by atoms with Gasteiger partial charge < -0.3 is 13.9 Å². The van der Waals surface area contributed by atoms with Crippen molar-refractivity contribution in [2.45, 2.75) is 31.5 Å². The van der Waals surface area contributed by atoms with Gasteiger partial charge in [-0.2, -0.15) is 0 Å². The Kier molecular flexibility index (Phi) is 6.74. The van der Waals surface area contributed by atoms with E-state index in [9.17, 15) is 9.59 Å². The van der Waals surface area contributed by atoms with E-state index in [1.807, 2.05) is 85.8 Å². The summed E-state index contributed by atoms with van der Waals surface area (Å²) in [6.07, 6.45) is 0.624.